The Bertz CT molecular complexity index is 943. The summed E-state index contributed by atoms with van der Waals surface area (Å²) in [5.41, 5.74) is 5.34. The van der Waals surface area contributed by atoms with Gasteiger partial charge in [-0.3, -0.25) is 0 Å². The van der Waals surface area contributed by atoms with Crippen molar-refractivity contribution in [2.24, 2.45) is 5.16 Å². The average molecular weight is 477 g/mol. The van der Waals surface area contributed by atoms with Crippen molar-refractivity contribution in [3.05, 3.63) is 61.7 Å². The van der Waals surface area contributed by atoms with E-state index in [-0.39, 0.29) is 0 Å². The highest BCUT2D eigenvalue weighted by molar-refractivity contribution is 14.1. The van der Waals surface area contributed by atoms with Gasteiger partial charge >= 0.3 is 5.97 Å². The summed E-state index contributed by atoms with van der Waals surface area (Å²) in [6.07, 6.45) is 1.74. The number of hydrogen-bond donors (Lipinski definition) is 0. The fourth-order valence-corrected chi connectivity index (χ4v) is 3.74. The lowest BCUT2D eigenvalue weighted by Gasteiger charge is -2.14. The molecular formula is C21H20INO4. The number of rotatable bonds is 5. The molecule has 1 aliphatic rings. The van der Waals surface area contributed by atoms with Gasteiger partial charge in [0.1, 0.15) is 6.61 Å². The normalized spacial score (nSPS) is 14.9. The lowest BCUT2D eigenvalue weighted by molar-refractivity contribution is -0.136. The number of aryl methyl sites for hydroxylation is 2. The minimum absolute atomic E-state index is 0.441. The Morgan fingerprint density at radius 2 is 1.81 bits per heavy atom. The van der Waals surface area contributed by atoms with Gasteiger partial charge in [0, 0.05) is 0 Å². The van der Waals surface area contributed by atoms with Gasteiger partial charge in [-0.05, 0) is 72.7 Å². The summed E-state index contributed by atoms with van der Waals surface area (Å²) in [5.74, 6) is 0.842. The topological polar surface area (TPSA) is 57.1 Å². The highest BCUT2D eigenvalue weighted by Crippen LogP contribution is 2.35. The molecule has 5 nitrogen and oxygen atoms in total. The van der Waals surface area contributed by atoms with Crippen LogP contribution in [0.15, 0.2) is 41.1 Å². The molecule has 0 amide bonds. The maximum atomic E-state index is 11.7. The standard InChI is InChI=1S/C21H20INO4/c1-12-5-13(2)7-16(6-12)11-26-20-18(22)9-15(10-19(20)25-4)8-17-14(3)23-27-21(17)24/h5-10H,11H2,1-4H3/b17-8+. The van der Waals surface area contributed by atoms with Crippen molar-refractivity contribution < 1.29 is 19.1 Å². The van der Waals surface area contributed by atoms with Crippen molar-refractivity contribution in [3.63, 3.8) is 0 Å². The summed E-state index contributed by atoms with van der Waals surface area (Å²) < 4.78 is 12.5. The zero-order chi connectivity index (χ0) is 19.6. The summed E-state index contributed by atoms with van der Waals surface area (Å²) in [4.78, 5) is 16.4. The van der Waals surface area contributed by atoms with Gasteiger partial charge in [-0.1, -0.05) is 34.5 Å². The van der Waals surface area contributed by atoms with Crippen molar-refractivity contribution in [1.82, 2.24) is 0 Å². The predicted octanol–water partition coefficient (Wildman–Crippen LogP) is 4.81. The monoisotopic (exact) mass is 477 g/mol. The predicted molar refractivity (Wildman–Crippen MR) is 113 cm³/mol. The minimum atomic E-state index is -0.448. The zero-order valence-electron chi connectivity index (χ0n) is 15.6. The molecule has 0 unspecified atom stereocenters. The molecule has 0 atom stereocenters. The first-order chi connectivity index (χ1) is 12.9. The van der Waals surface area contributed by atoms with Crippen LogP contribution in [0.3, 0.4) is 0 Å². The summed E-state index contributed by atoms with van der Waals surface area (Å²) in [7, 11) is 1.60. The van der Waals surface area contributed by atoms with Crippen LogP contribution in [-0.2, 0) is 16.2 Å². The third kappa shape index (κ3) is 4.50. The Kier molecular flexibility index (Phi) is 5.84. The number of ether oxygens (including phenoxy) is 2. The Labute approximate surface area is 172 Å². The molecule has 0 radical (unpaired) electrons. The maximum Gasteiger partial charge on any atom is 0.367 e. The first kappa shape index (κ1) is 19.4. The Morgan fingerprint density at radius 3 is 2.41 bits per heavy atom. The van der Waals surface area contributed by atoms with Gasteiger partial charge in [-0.2, -0.15) is 0 Å². The summed E-state index contributed by atoms with van der Waals surface area (Å²) in [6.45, 7) is 6.33. The van der Waals surface area contributed by atoms with Crippen molar-refractivity contribution >= 4 is 40.3 Å². The molecular weight excluding hydrogens is 457 g/mol. The SMILES string of the molecule is COc1cc(/C=C2/C(=O)ON=C2C)cc(I)c1OCc1cc(C)cc(C)c1. The summed E-state index contributed by atoms with van der Waals surface area (Å²) in [5, 5.41) is 3.70. The van der Waals surface area contributed by atoms with Crippen LogP contribution in [0.4, 0.5) is 0 Å². The number of carbonyl (C=O) groups excluding carboxylic acids is 1. The molecule has 0 saturated heterocycles. The van der Waals surface area contributed by atoms with Crippen LogP contribution < -0.4 is 9.47 Å². The molecule has 2 aromatic carbocycles. The van der Waals surface area contributed by atoms with E-state index in [4.69, 9.17) is 14.3 Å². The van der Waals surface area contributed by atoms with Gasteiger partial charge in [0.05, 0.1) is 22.0 Å². The lowest BCUT2D eigenvalue weighted by Crippen LogP contribution is -2.03. The van der Waals surface area contributed by atoms with Crippen LogP contribution in [0.1, 0.15) is 29.2 Å². The molecule has 0 aromatic heterocycles. The van der Waals surface area contributed by atoms with E-state index in [1.54, 1.807) is 20.1 Å². The number of halogens is 1. The minimum Gasteiger partial charge on any atom is -0.493 e. The molecule has 140 valence electrons. The molecule has 0 saturated carbocycles. The zero-order valence-corrected chi connectivity index (χ0v) is 17.8. The molecule has 2 aromatic rings. The van der Waals surface area contributed by atoms with Crippen LogP contribution >= 0.6 is 22.6 Å². The fraction of sp³-hybridized carbons (Fsp3) is 0.238. The van der Waals surface area contributed by atoms with Crippen molar-refractivity contribution in [2.75, 3.05) is 7.11 Å². The van der Waals surface area contributed by atoms with E-state index in [0.29, 0.717) is 29.4 Å². The number of benzene rings is 2. The fourth-order valence-electron chi connectivity index (χ4n) is 2.96. The van der Waals surface area contributed by atoms with Crippen LogP contribution in [0.5, 0.6) is 11.5 Å². The highest BCUT2D eigenvalue weighted by atomic mass is 127. The number of carbonyl (C=O) groups is 1. The van der Waals surface area contributed by atoms with E-state index in [1.807, 2.05) is 12.1 Å². The second kappa shape index (κ2) is 8.12. The first-order valence-electron chi connectivity index (χ1n) is 8.43. The second-order valence-electron chi connectivity index (χ2n) is 6.43. The van der Waals surface area contributed by atoms with Gasteiger partial charge < -0.3 is 14.3 Å². The molecule has 1 heterocycles. The van der Waals surface area contributed by atoms with Crippen molar-refractivity contribution in [3.8, 4) is 11.5 Å². The number of hydrogen-bond acceptors (Lipinski definition) is 5. The molecule has 3 rings (SSSR count). The van der Waals surface area contributed by atoms with Crippen molar-refractivity contribution in [1.29, 1.82) is 0 Å². The largest absolute Gasteiger partial charge is 0.493 e. The summed E-state index contributed by atoms with van der Waals surface area (Å²) >= 11 is 2.21. The molecule has 1 aliphatic heterocycles. The molecule has 0 aliphatic carbocycles. The maximum absolute atomic E-state index is 11.7. The van der Waals surface area contributed by atoms with Crippen LogP contribution in [-0.4, -0.2) is 18.8 Å². The van der Waals surface area contributed by atoms with Gasteiger partial charge in [-0.15, -0.1) is 0 Å². The third-order valence-corrected chi connectivity index (χ3v) is 4.90. The smallest absolute Gasteiger partial charge is 0.367 e. The first-order valence-corrected chi connectivity index (χ1v) is 9.50. The van der Waals surface area contributed by atoms with E-state index in [9.17, 15) is 4.79 Å². The molecule has 0 spiro atoms. The Hall–Kier alpha value is -2.35. The van der Waals surface area contributed by atoms with E-state index in [1.165, 1.54) is 11.1 Å². The van der Waals surface area contributed by atoms with Crippen LogP contribution in [0, 0.1) is 17.4 Å². The average Bonchev–Trinajstić information content (AvgIpc) is 2.91. The van der Waals surface area contributed by atoms with Crippen LogP contribution in [0.2, 0.25) is 0 Å². The molecule has 0 bridgehead atoms. The number of methoxy groups -OCH3 is 1. The van der Waals surface area contributed by atoms with E-state index < -0.39 is 5.97 Å². The van der Waals surface area contributed by atoms with Gasteiger partial charge in [0.15, 0.2) is 11.5 Å². The van der Waals surface area contributed by atoms with E-state index >= 15 is 0 Å². The van der Waals surface area contributed by atoms with Gasteiger partial charge in [0.25, 0.3) is 0 Å². The molecule has 27 heavy (non-hydrogen) atoms. The molecule has 6 heteroatoms. The number of nitrogens with zero attached hydrogens (tertiary/aromatic N) is 1. The highest BCUT2D eigenvalue weighted by Gasteiger charge is 2.22. The van der Waals surface area contributed by atoms with E-state index in [2.05, 4.69) is 59.8 Å². The third-order valence-electron chi connectivity index (χ3n) is 4.10. The van der Waals surface area contributed by atoms with E-state index in [0.717, 1.165) is 14.7 Å². The Balaban J connectivity index is 1.87. The summed E-state index contributed by atoms with van der Waals surface area (Å²) in [6, 6.07) is 10.1. The number of oxime groups is 1. The molecule has 0 fully saturated rings. The van der Waals surface area contributed by atoms with Gasteiger partial charge in [0.2, 0.25) is 0 Å². The van der Waals surface area contributed by atoms with Crippen LogP contribution in [0.25, 0.3) is 6.08 Å². The van der Waals surface area contributed by atoms with Crippen molar-refractivity contribution in [2.45, 2.75) is 27.4 Å². The lowest BCUT2D eigenvalue weighted by atomic mass is 10.1. The van der Waals surface area contributed by atoms with Gasteiger partial charge in [-0.25, -0.2) is 4.79 Å². The molecule has 0 N–H and O–H groups in total. The quantitative estimate of drug-likeness (QED) is 0.353. The Morgan fingerprint density at radius 1 is 1.11 bits per heavy atom. The second-order valence-corrected chi connectivity index (χ2v) is 7.59.